The van der Waals surface area contributed by atoms with Crippen LogP contribution in [0.5, 0.6) is 0 Å². The van der Waals surface area contributed by atoms with Crippen molar-refractivity contribution in [1.29, 1.82) is 0 Å². The second-order valence-electron chi connectivity index (χ2n) is 4.74. The van der Waals surface area contributed by atoms with Gasteiger partial charge in [0.2, 0.25) is 0 Å². The Hall–Kier alpha value is -1.17. The number of benzene rings is 1. The molecule has 0 spiro atoms. The minimum absolute atomic E-state index is 0.0413. The number of halogens is 5. The molecule has 1 rings (SSSR count). The Labute approximate surface area is 115 Å². The summed E-state index contributed by atoms with van der Waals surface area (Å²) in [6.45, 7) is 2.43. The average molecular weight is 295 g/mol. The zero-order valence-corrected chi connectivity index (χ0v) is 11.2. The molecule has 0 radical (unpaired) electrons. The van der Waals surface area contributed by atoms with Crippen LogP contribution < -0.4 is 5.32 Å². The Bertz CT molecular complexity index is 417. The van der Waals surface area contributed by atoms with Gasteiger partial charge in [-0.25, -0.2) is 8.78 Å². The summed E-state index contributed by atoms with van der Waals surface area (Å²) < 4.78 is 63.3. The van der Waals surface area contributed by atoms with Crippen molar-refractivity contribution in [3.63, 3.8) is 0 Å². The highest BCUT2D eigenvalue weighted by Gasteiger charge is 2.28. The minimum atomic E-state index is -4.24. The molecular weight excluding hydrogens is 277 g/mol. The zero-order valence-electron chi connectivity index (χ0n) is 11.2. The Morgan fingerprint density at radius 1 is 1.20 bits per heavy atom. The lowest BCUT2D eigenvalue weighted by molar-refractivity contribution is -0.136. The van der Waals surface area contributed by atoms with E-state index in [1.54, 1.807) is 0 Å². The molecule has 1 N–H and O–H groups in total. The lowest BCUT2D eigenvalue weighted by Gasteiger charge is -2.19. The van der Waals surface area contributed by atoms with Gasteiger partial charge in [-0.3, -0.25) is 0 Å². The van der Waals surface area contributed by atoms with E-state index in [4.69, 9.17) is 0 Å². The van der Waals surface area contributed by atoms with Crippen molar-refractivity contribution in [2.24, 2.45) is 0 Å². The van der Waals surface area contributed by atoms with Crippen LogP contribution >= 0.6 is 0 Å². The molecule has 0 aliphatic carbocycles. The monoisotopic (exact) mass is 295 g/mol. The topological polar surface area (TPSA) is 12.0 Å². The van der Waals surface area contributed by atoms with Gasteiger partial charge in [-0.2, -0.15) is 13.2 Å². The van der Waals surface area contributed by atoms with Gasteiger partial charge in [0.15, 0.2) is 0 Å². The summed E-state index contributed by atoms with van der Waals surface area (Å²) in [5.74, 6) is -1.19. The lowest BCUT2D eigenvalue weighted by Crippen LogP contribution is -2.33. The highest BCUT2D eigenvalue weighted by molar-refractivity contribution is 5.19. The van der Waals surface area contributed by atoms with Crippen molar-refractivity contribution in [3.8, 4) is 0 Å². The first kappa shape index (κ1) is 16.9. The Morgan fingerprint density at radius 3 is 2.50 bits per heavy atom. The van der Waals surface area contributed by atoms with Gasteiger partial charge in [0, 0.05) is 12.5 Å². The Balaban J connectivity index is 2.70. The first-order valence-corrected chi connectivity index (χ1v) is 6.56. The highest BCUT2D eigenvalue weighted by Crippen LogP contribution is 2.23. The first-order chi connectivity index (χ1) is 9.31. The standard InChI is InChI=1S/C14H18F5N/c1-2-7-20-12(5-6-14(17,18)19)9-10-8-11(15)3-4-13(10)16/h3-4,8,12,20H,2,5-7,9H2,1H3. The normalized spacial score (nSPS) is 13.5. The van der Waals surface area contributed by atoms with Gasteiger partial charge in [-0.1, -0.05) is 6.92 Å². The van der Waals surface area contributed by atoms with Crippen LogP contribution in [0.2, 0.25) is 0 Å². The van der Waals surface area contributed by atoms with Crippen molar-refractivity contribution in [3.05, 3.63) is 35.4 Å². The molecule has 0 aliphatic rings. The third-order valence-electron chi connectivity index (χ3n) is 2.93. The third kappa shape index (κ3) is 6.32. The SMILES string of the molecule is CCCNC(CCC(F)(F)F)Cc1cc(F)ccc1F. The molecule has 20 heavy (non-hydrogen) atoms. The molecule has 0 fully saturated rings. The fourth-order valence-electron chi connectivity index (χ4n) is 1.93. The fraction of sp³-hybridized carbons (Fsp3) is 0.571. The van der Waals surface area contributed by atoms with E-state index in [9.17, 15) is 22.0 Å². The smallest absolute Gasteiger partial charge is 0.314 e. The molecule has 1 nitrogen and oxygen atoms in total. The van der Waals surface area contributed by atoms with Gasteiger partial charge in [0.1, 0.15) is 11.6 Å². The summed E-state index contributed by atoms with van der Waals surface area (Å²) in [5.41, 5.74) is 0.0979. The second-order valence-corrected chi connectivity index (χ2v) is 4.74. The number of alkyl halides is 3. The van der Waals surface area contributed by atoms with E-state index in [2.05, 4.69) is 5.32 Å². The maximum Gasteiger partial charge on any atom is 0.389 e. The fourth-order valence-corrected chi connectivity index (χ4v) is 1.93. The van der Waals surface area contributed by atoms with Crippen LogP contribution in [0.1, 0.15) is 31.7 Å². The summed E-state index contributed by atoms with van der Waals surface area (Å²) in [6, 6.07) is 2.49. The van der Waals surface area contributed by atoms with E-state index in [1.807, 2.05) is 6.92 Å². The minimum Gasteiger partial charge on any atom is -0.314 e. The van der Waals surface area contributed by atoms with Gasteiger partial charge < -0.3 is 5.32 Å². The van der Waals surface area contributed by atoms with E-state index < -0.39 is 30.3 Å². The molecule has 114 valence electrons. The maximum absolute atomic E-state index is 13.5. The summed E-state index contributed by atoms with van der Waals surface area (Å²) in [4.78, 5) is 0. The van der Waals surface area contributed by atoms with Crippen molar-refractivity contribution < 1.29 is 22.0 Å². The van der Waals surface area contributed by atoms with E-state index in [1.165, 1.54) is 0 Å². The zero-order chi connectivity index (χ0) is 15.2. The largest absolute Gasteiger partial charge is 0.389 e. The van der Waals surface area contributed by atoms with E-state index in [-0.39, 0.29) is 18.4 Å². The second kappa shape index (κ2) is 7.57. The molecule has 0 aromatic heterocycles. The molecule has 1 aromatic carbocycles. The molecule has 0 saturated carbocycles. The van der Waals surface area contributed by atoms with E-state index in [0.29, 0.717) is 6.54 Å². The van der Waals surface area contributed by atoms with Gasteiger partial charge in [-0.05, 0) is 49.6 Å². The molecule has 0 heterocycles. The van der Waals surface area contributed by atoms with Gasteiger partial charge >= 0.3 is 6.18 Å². The van der Waals surface area contributed by atoms with E-state index >= 15 is 0 Å². The molecule has 0 amide bonds. The quantitative estimate of drug-likeness (QED) is 0.743. The van der Waals surface area contributed by atoms with Gasteiger partial charge in [0.05, 0.1) is 0 Å². The molecule has 6 heteroatoms. The third-order valence-corrected chi connectivity index (χ3v) is 2.93. The van der Waals surface area contributed by atoms with Crippen molar-refractivity contribution >= 4 is 0 Å². The van der Waals surface area contributed by atoms with Crippen LogP contribution in [0.4, 0.5) is 22.0 Å². The van der Waals surface area contributed by atoms with Crippen LogP contribution in [-0.2, 0) is 6.42 Å². The summed E-state index contributed by atoms with van der Waals surface area (Å²) in [7, 11) is 0. The maximum atomic E-state index is 13.5. The van der Waals surface area contributed by atoms with Crippen molar-refractivity contribution in [2.45, 2.75) is 44.8 Å². The van der Waals surface area contributed by atoms with Gasteiger partial charge in [-0.15, -0.1) is 0 Å². The van der Waals surface area contributed by atoms with Gasteiger partial charge in [0.25, 0.3) is 0 Å². The molecule has 1 unspecified atom stereocenters. The Morgan fingerprint density at radius 2 is 1.90 bits per heavy atom. The predicted molar refractivity (Wildman–Crippen MR) is 67.4 cm³/mol. The number of hydrogen-bond acceptors (Lipinski definition) is 1. The van der Waals surface area contributed by atoms with Crippen molar-refractivity contribution in [1.82, 2.24) is 5.32 Å². The average Bonchev–Trinajstić information content (AvgIpc) is 2.36. The van der Waals surface area contributed by atoms with Crippen LogP contribution in [0.25, 0.3) is 0 Å². The summed E-state index contributed by atoms with van der Waals surface area (Å²) >= 11 is 0. The first-order valence-electron chi connectivity index (χ1n) is 6.56. The van der Waals surface area contributed by atoms with Crippen LogP contribution in [0.3, 0.4) is 0 Å². The molecular formula is C14H18F5N. The predicted octanol–water partition coefficient (Wildman–Crippen LogP) is 4.22. The molecule has 0 bridgehead atoms. The van der Waals surface area contributed by atoms with Crippen LogP contribution in [-0.4, -0.2) is 18.8 Å². The number of nitrogens with one attached hydrogen (secondary N) is 1. The Kier molecular flexibility index (Phi) is 6.39. The summed E-state index contributed by atoms with van der Waals surface area (Å²) in [5, 5.41) is 2.95. The molecule has 0 aliphatic heterocycles. The number of hydrogen-bond donors (Lipinski definition) is 1. The van der Waals surface area contributed by atoms with E-state index in [0.717, 1.165) is 24.6 Å². The summed E-state index contributed by atoms with van der Waals surface area (Å²) in [6.07, 6.45) is -4.54. The van der Waals surface area contributed by atoms with Crippen LogP contribution in [0, 0.1) is 11.6 Å². The molecule has 0 saturated heterocycles. The lowest BCUT2D eigenvalue weighted by atomic mass is 10.0. The highest BCUT2D eigenvalue weighted by atomic mass is 19.4. The number of rotatable bonds is 7. The van der Waals surface area contributed by atoms with Crippen LogP contribution in [0.15, 0.2) is 18.2 Å². The van der Waals surface area contributed by atoms with Crippen molar-refractivity contribution in [2.75, 3.05) is 6.54 Å². The molecule has 1 aromatic rings. The molecule has 1 atom stereocenters.